The van der Waals surface area contributed by atoms with E-state index in [0.29, 0.717) is 17.1 Å². The van der Waals surface area contributed by atoms with Crippen molar-refractivity contribution in [1.29, 1.82) is 0 Å². The summed E-state index contributed by atoms with van der Waals surface area (Å²) in [6.45, 7) is 2.55. The molecule has 2 N–H and O–H groups in total. The summed E-state index contributed by atoms with van der Waals surface area (Å²) in [4.78, 5) is 5.57. The quantitative estimate of drug-likeness (QED) is 0.916. The van der Waals surface area contributed by atoms with Gasteiger partial charge in [-0.05, 0) is 34.5 Å². The zero-order valence-corrected chi connectivity index (χ0v) is 12.4. The van der Waals surface area contributed by atoms with Crippen LogP contribution in [0.4, 0.5) is 4.39 Å². The third-order valence-electron chi connectivity index (χ3n) is 2.63. The Morgan fingerprint density at radius 3 is 2.83 bits per heavy atom. The van der Waals surface area contributed by atoms with E-state index >= 15 is 0 Å². The second-order valence-electron chi connectivity index (χ2n) is 3.94. The minimum absolute atomic E-state index is 0.259. The third-order valence-corrected chi connectivity index (χ3v) is 4.43. The molecule has 0 spiro atoms. The Bertz CT molecular complexity index is 534. The Morgan fingerprint density at radius 1 is 1.44 bits per heavy atom. The molecule has 0 bridgehead atoms. The molecule has 0 fully saturated rings. The average Bonchev–Trinajstić information content (AvgIpc) is 2.72. The summed E-state index contributed by atoms with van der Waals surface area (Å²) in [7, 11) is 0. The molecule has 0 saturated heterocycles. The lowest BCUT2D eigenvalue weighted by Gasteiger charge is -2.01. The van der Waals surface area contributed by atoms with Crippen LogP contribution in [0.2, 0.25) is 0 Å². The first-order valence-electron chi connectivity index (χ1n) is 5.80. The van der Waals surface area contributed by atoms with Gasteiger partial charge in [0.1, 0.15) is 10.8 Å². The van der Waals surface area contributed by atoms with Crippen molar-refractivity contribution in [3.8, 4) is 10.6 Å². The highest BCUT2D eigenvalue weighted by Gasteiger charge is 2.16. The van der Waals surface area contributed by atoms with Crippen LogP contribution in [0.25, 0.3) is 10.6 Å². The lowest BCUT2D eigenvalue weighted by atomic mass is 10.2. The summed E-state index contributed by atoms with van der Waals surface area (Å²) in [5.74, 6) is -0.259. The zero-order chi connectivity index (χ0) is 13.1. The molecule has 2 nitrogen and oxygen atoms in total. The highest BCUT2D eigenvalue weighted by Crippen LogP contribution is 2.35. The number of nitrogens with zero attached hydrogens (tertiary/aromatic N) is 1. The van der Waals surface area contributed by atoms with Crippen LogP contribution in [0.1, 0.15) is 23.9 Å². The summed E-state index contributed by atoms with van der Waals surface area (Å²) in [5, 5.41) is 0.698. The Hall–Kier alpha value is -0.780. The maximum atomic E-state index is 13.9. The smallest absolute Gasteiger partial charge is 0.134 e. The molecule has 96 valence electrons. The number of benzene rings is 1. The van der Waals surface area contributed by atoms with E-state index in [2.05, 4.69) is 27.8 Å². The molecule has 0 aliphatic carbocycles. The van der Waals surface area contributed by atoms with Gasteiger partial charge >= 0.3 is 0 Å². The van der Waals surface area contributed by atoms with E-state index in [1.54, 1.807) is 6.07 Å². The Labute approximate surface area is 118 Å². The van der Waals surface area contributed by atoms with Crippen LogP contribution in [-0.2, 0) is 13.0 Å². The van der Waals surface area contributed by atoms with E-state index in [0.717, 1.165) is 27.9 Å². The first-order valence-corrected chi connectivity index (χ1v) is 7.41. The fraction of sp³-hybridized carbons (Fsp3) is 0.308. The van der Waals surface area contributed by atoms with Crippen molar-refractivity contribution in [2.75, 3.05) is 0 Å². The monoisotopic (exact) mass is 328 g/mol. The van der Waals surface area contributed by atoms with Crippen LogP contribution in [0.15, 0.2) is 22.7 Å². The number of hydrogen-bond donors (Lipinski definition) is 1. The summed E-state index contributed by atoms with van der Waals surface area (Å²) in [5.41, 5.74) is 7.24. The van der Waals surface area contributed by atoms with E-state index < -0.39 is 0 Å². The van der Waals surface area contributed by atoms with Crippen molar-refractivity contribution < 1.29 is 4.39 Å². The fourth-order valence-corrected chi connectivity index (χ4v) is 3.49. The fourth-order valence-electron chi connectivity index (χ4n) is 1.78. The molecule has 0 radical (unpaired) electrons. The molecule has 1 aromatic carbocycles. The molecule has 5 heteroatoms. The van der Waals surface area contributed by atoms with Gasteiger partial charge in [0.15, 0.2) is 0 Å². The van der Waals surface area contributed by atoms with Crippen molar-refractivity contribution in [1.82, 2.24) is 4.98 Å². The lowest BCUT2D eigenvalue weighted by molar-refractivity contribution is 0.630. The number of nitrogens with two attached hydrogens (primary N) is 1. The molecule has 0 atom stereocenters. The van der Waals surface area contributed by atoms with Crippen molar-refractivity contribution in [3.63, 3.8) is 0 Å². The second-order valence-corrected chi connectivity index (χ2v) is 5.88. The van der Waals surface area contributed by atoms with Gasteiger partial charge < -0.3 is 5.73 Å². The number of rotatable bonds is 4. The molecule has 18 heavy (non-hydrogen) atoms. The van der Waals surface area contributed by atoms with Crippen molar-refractivity contribution in [2.24, 2.45) is 5.73 Å². The van der Waals surface area contributed by atoms with Gasteiger partial charge in [-0.3, -0.25) is 0 Å². The summed E-state index contributed by atoms with van der Waals surface area (Å²) in [6.07, 6.45) is 1.89. The zero-order valence-electron chi connectivity index (χ0n) is 10.0. The topological polar surface area (TPSA) is 38.9 Å². The molecule has 0 amide bonds. The highest BCUT2D eigenvalue weighted by molar-refractivity contribution is 9.10. The first kappa shape index (κ1) is 13.6. The largest absolute Gasteiger partial charge is 0.326 e. The van der Waals surface area contributed by atoms with E-state index in [-0.39, 0.29) is 5.82 Å². The van der Waals surface area contributed by atoms with Crippen molar-refractivity contribution >= 4 is 27.3 Å². The lowest BCUT2D eigenvalue weighted by Crippen LogP contribution is -1.97. The number of halogens is 2. The molecule has 1 heterocycles. The van der Waals surface area contributed by atoms with E-state index in [1.807, 2.05) is 6.07 Å². The van der Waals surface area contributed by atoms with Crippen LogP contribution in [0.5, 0.6) is 0 Å². The van der Waals surface area contributed by atoms with Gasteiger partial charge in [0.2, 0.25) is 0 Å². The normalized spacial score (nSPS) is 10.9. The third kappa shape index (κ3) is 2.63. The van der Waals surface area contributed by atoms with Gasteiger partial charge in [0, 0.05) is 15.9 Å². The van der Waals surface area contributed by atoms with Crippen LogP contribution in [-0.4, -0.2) is 4.98 Å². The van der Waals surface area contributed by atoms with Crippen molar-refractivity contribution in [3.05, 3.63) is 39.1 Å². The van der Waals surface area contributed by atoms with Gasteiger partial charge in [-0.25, -0.2) is 9.37 Å². The van der Waals surface area contributed by atoms with E-state index in [1.165, 1.54) is 17.4 Å². The Kier molecular flexibility index (Phi) is 4.48. The number of hydrogen-bond acceptors (Lipinski definition) is 3. The molecular weight excluding hydrogens is 315 g/mol. The van der Waals surface area contributed by atoms with Gasteiger partial charge in [-0.15, -0.1) is 11.3 Å². The average molecular weight is 329 g/mol. The SMILES string of the molecule is CCCc1nc(-c2c(F)cccc2Br)sc1CN. The Balaban J connectivity index is 2.51. The van der Waals surface area contributed by atoms with Crippen molar-refractivity contribution in [2.45, 2.75) is 26.3 Å². The highest BCUT2D eigenvalue weighted by atomic mass is 79.9. The molecular formula is C13H14BrFN2S. The maximum absolute atomic E-state index is 13.9. The Morgan fingerprint density at radius 2 is 2.22 bits per heavy atom. The molecule has 1 aromatic heterocycles. The molecule has 2 aromatic rings. The molecule has 0 aliphatic rings. The summed E-state index contributed by atoms with van der Waals surface area (Å²) in [6, 6.07) is 4.94. The predicted octanol–water partition coefficient (Wildman–Crippen LogP) is 4.12. The second kappa shape index (κ2) is 5.91. The molecule has 0 unspecified atom stereocenters. The van der Waals surface area contributed by atoms with Gasteiger partial charge in [0.25, 0.3) is 0 Å². The molecule has 0 saturated carbocycles. The maximum Gasteiger partial charge on any atom is 0.134 e. The number of aryl methyl sites for hydroxylation is 1. The predicted molar refractivity (Wildman–Crippen MR) is 77.1 cm³/mol. The summed E-state index contributed by atoms with van der Waals surface area (Å²) < 4.78 is 14.6. The van der Waals surface area contributed by atoms with E-state index in [4.69, 9.17) is 5.73 Å². The number of thiazole rings is 1. The van der Waals surface area contributed by atoms with Gasteiger partial charge in [-0.2, -0.15) is 0 Å². The summed E-state index contributed by atoms with van der Waals surface area (Å²) >= 11 is 4.85. The molecule has 0 aliphatic heterocycles. The van der Waals surface area contributed by atoms with Crippen LogP contribution < -0.4 is 5.73 Å². The van der Waals surface area contributed by atoms with Gasteiger partial charge in [0.05, 0.1) is 11.3 Å². The van der Waals surface area contributed by atoms with Crippen LogP contribution in [0, 0.1) is 5.82 Å². The van der Waals surface area contributed by atoms with E-state index in [9.17, 15) is 4.39 Å². The molecule has 2 rings (SSSR count). The minimum atomic E-state index is -0.259. The number of aromatic nitrogens is 1. The standard InChI is InChI=1S/C13H14BrFN2S/c1-2-4-10-11(7-16)18-13(17-10)12-8(14)5-3-6-9(12)15/h3,5-6H,2,4,7,16H2,1H3. The van der Waals surface area contributed by atoms with Gasteiger partial charge in [-0.1, -0.05) is 19.4 Å². The first-order chi connectivity index (χ1) is 8.67. The minimum Gasteiger partial charge on any atom is -0.326 e. The van der Waals surface area contributed by atoms with Crippen LogP contribution >= 0.6 is 27.3 Å². The van der Waals surface area contributed by atoms with Crippen LogP contribution in [0.3, 0.4) is 0 Å².